The molecule has 1 rings (SSSR count). The van der Waals surface area contributed by atoms with Gasteiger partial charge < -0.3 is 25.4 Å². The van der Waals surface area contributed by atoms with Crippen molar-refractivity contribution in [3.05, 3.63) is 35.4 Å². The molecule has 3 N–H and O–H groups in total. The third-order valence-electron chi connectivity index (χ3n) is 5.50. The van der Waals surface area contributed by atoms with Gasteiger partial charge >= 0.3 is 6.09 Å². The Kier molecular flexibility index (Phi) is 11.7. The number of benzene rings is 1. The predicted molar refractivity (Wildman–Crippen MR) is 138 cm³/mol. The summed E-state index contributed by atoms with van der Waals surface area (Å²) >= 11 is 0. The number of alkyl carbamates (subject to hydrolysis) is 1. The van der Waals surface area contributed by atoms with E-state index in [9.17, 15) is 19.5 Å². The lowest BCUT2D eigenvalue weighted by Gasteiger charge is -2.39. The lowest BCUT2D eigenvalue weighted by molar-refractivity contribution is -0.146. The number of aliphatic hydroxyl groups excluding tert-OH is 1. The number of hydrogen-bond acceptors (Lipinski definition) is 5. The predicted octanol–water partition coefficient (Wildman–Crippen LogP) is 4.10. The van der Waals surface area contributed by atoms with Crippen LogP contribution in [0.15, 0.2) is 24.3 Å². The number of hydrogen-bond donors (Lipinski definition) is 3. The largest absolute Gasteiger partial charge is 0.444 e. The fourth-order valence-electron chi connectivity index (χ4n) is 3.80. The topological polar surface area (TPSA) is 108 Å². The summed E-state index contributed by atoms with van der Waals surface area (Å²) < 4.78 is 5.29. The van der Waals surface area contributed by atoms with Crippen molar-refractivity contribution in [2.75, 3.05) is 6.61 Å². The SMILES string of the molecule is Cc1ccccc1C(C(=O)NC(C)C)N(C(=O)C(CO)NC(=O)OC(C)(C)C)C(C)CCC(C)C. The molecule has 35 heavy (non-hydrogen) atoms. The van der Waals surface area contributed by atoms with Crippen LogP contribution in [0, 0.1) is 12.8 Å². The van der Waals surface area contributed by atoms with Crippen molar-refractivity contribution in [1.29, 1.82) is 0 Å². The van der Waals surface area contributed by atoms with Gasteiger partial charge in [-0.2, -0.15) is 0 Å². The van der Waals surface area contributed by atoms with Gasteiger partial charge in [0.05, 0.1) is 6.61 Å². The molecule has 8 heteroatoms. The minimum Gasteiger partial charge on any atom is -0.444 e. The molecule has 0 bridgehead atoms. The van der Waals surface area contributed by atoms with E-state index in [-0.39, 0.29) is 18.0 Å². The van der Waals surface area contributed by atoms with Crippen molar-refractivity contribution in [2.24, 2.45) is 5.92 Å². The molecule has 0 aliphatic heterocycles. The Morgan fingerprint density at radius 3 is 2.09 bits per heavy atom. The number of carbonyl (C=O) groups is 3. The van der Waals surface area contributed by atoms with E-state index in [4.69, 9.17) is 4.74 Å². The molecule has 3 amide bonds. The molecule has 3 unspecified atom stereocenters. The Morgan fingerprint density at radius 1 is 1.00 bits per heavy atom. The second-order valence-electron chi connectivity index (χ2n) is 10.9. The van der Waals surface area contributed by atoms with Gasteiger partial charge in [-0.15, -0.1) is 0 Å². The van der Waals surface area contributed by atoms with E-state index in [1.54, 1.807) is 20.8 Å². The summed E-state index contributed by atoms with van der Waals surface area (Å²) in [5.74, 6) is -0.445. The van der Waals surface area contributed by atoms with Gasteiger partial charge in [-0.05, 0) is 78.4 Å². The molecule has 0 radical (unpaired) electrons. The monoisotopic (exact) mass is 491 g/mol. The van der Waals surface area contributed by atoms with Crippen LogP contribution in [0.5, 0.6) is 0 Å². The highest BCUT2D eigenvalue weighted by Gasteiger charge is 2.39. The van der Waals surface area contributed by atoms with Gasteiger partial charge in [-0.25, -0.2) is 4.79 Å². The molecule has 0 aromatic heterocycles. The van der Waals surface area contributed by atoms with Crippen LogP contribution in [0.1, 0.15) is 85.4 Å². The van der Waals surface area contributed by atoms with E-state index in [2.05, 4.69) is 24.5 Å². The Bertz CT molecular complexity index is 847. The number of nitrogens with zero attached hydrogens (tertiary/aromatic N) is 1. The van der Waals surface area contributed by atoms with Crippen molar-refractivity contribution in [2.45, 2.75) is 105 Å². The van der Waals surface area contributed by atoms with Crippen LogP contribution in [-0.4, -0.2) is 58.2 Å². The average Bonchev–Trinajstić information content (AvgIpc) is 2.72. The molecular formula is C27H45N3O5. The van der Waals surface area contributed by atoms with Gasteiger partial charge in [0.25, 0.3) is 0 Å². The first kappa shape index (κ1) is 30.4. The smallest absolute Gasteiger partial charge is 0.408 e. The van der Waals surface area contributed by atoms with Crippen molar-refractivity contribution in [3.63, 3.8) is 0 Å². The Morgan fingerprint density at radius 2 is 1.60 bits per heavy atom. The molecule has 1 aromatic carbocycles. The fraction of sp³-hybridized carbons (Fsp3) is 0.667. The zero-order valence-corrected chi connectivity index (χ0v) is 22.8. The average molecular weight is 492 g/mol. The maximum Gasteiger partial charge on any atom is 0.408 e. The molecule has 0 heterocycles. The molecule has 198 valence electrons. The van der Waals surface area contributed by atoms with Gasteiger partial charge in [-0.1, -0.05) is 38.1 Å². The van der Waals surface area contributed by atoms with E-state index in [0.29, 0.717) is 17.9 Å². The van der Waals surface area contributed by atoms with E-state index in [1.807, 2.05) is 52.0 Å². The summed E-state index contributed by atoms with van der Waals surface area (Å²) in [6.07, 6.45) is 0.699. The molecule has 0 spiro atoms. The first-order chi connectivity index (χ1) is 16.2. The normalized spacial score (nSPS) is 14.3. The summed E-state index contributed by atoms with van der Waals surface area (Å²) in [5.41, 5.74) is 0.799. The number of nitrogens with one attached hydrogen (secondary N) is 2. The van der Waals surface area contributed by atoms with Gasteiger partial charge in [0.1, 0.15) is 17.7 Å². The van der Waals surface area contributed by atoms with Gasteiger partial charge in [0.2, 0.25) is 11.8 Å². The Labute approximate surface area is 210 Å². The summed E-state index contributed by atoms with van der Waals surface area (Å²) in [7, 11) is 0. The molecule has 0 aliphatic carbocycles. The number of rotatable bonds is 11. The van der Waals surface area contributed by atoms with Crippen LogP contribution in [0.4, 0.5) is 4.79 Å². The fourth-order valence-corrected chi connectivity index (χ4v) is 3.80. The summed E-state index contributed by atoms with van der Waals surface area (Å²) in [6.45, 7) is 16.2. The second kappa shape index (κ2) is 13.5. The first-order valence-corrected chi connectivity index (χ1v) is 12.5. The van der Waals surface area contributed by atoms with Crippen LogP contribution < -0.4 is 10.6 Å². The van der Waals surface area contributed by atoms with E-state index >= 15 is 0 Å². The second-order valence-corrected chi connectivity index (χ2v) is 10.9. The minimum absolute atomic E-state index is 0.134. The highest BCUT2D eigenvalue weighted by atomic mass is 16.6. The molecular weight excluding hydrogens is 446 g/mol. The van der Waals surface area contributed by atoms with Crippen LogP contribution in [0.25, 0.3) is 0 Å². The van der Waals surface area contributed by atoms with Crippen LogP contribution in [-0.2, 0) is 14.3 Å². The number of amides is 3. The van der Waals surface area contributed by atoms with E-state index < -0.39 is 36.3 Å². The number of carbonyl (C=O) groups excluding carboxylic acids is 3. The molecule has 0 saturated heterocycles. The lowest BCUT2D eigenvalue weighted by atomic mass is 9.94. The van der Waals surface area contributed by atoms with Crippen LogP contribution in [0.2, 0.25) is 0 Å². The zero-order chi connectivity index (χ0) is 26.9. The number of ether oxygens (including phenoxy) is 1. The Hall–Kier alpha value is -2.61. The standard InChI is InChI=1S/C27H45N3O5/c1-17(2)14-15-20(6)30(25(33)22(16-31)29-26(34)35-27(7,8)9)23(24(32)28-18(3)4)21-13-11-10-12-19(21)5/h10-13,17-18,20,22-23,31H,14-16H2,1-9H3,(H,28,32)(H,29,34). The molecule has 0 aliphatic rings. The highest BCUT2D eigenvalue weighted by molar-refractivity contribution is 5.92. The number of aryl methyl sites for hydroxylation is 1. The summed E-state index contributed by atoms with van der Waals surface area (Å²) in [4.78, 5) is 41.4. The minimum atomic E-state index is -1.26. The first-order valence-electron chi connectivity index (χ1n) is 12.5. The summed E-state index contributed by atoms with van der Waals surface area (Å²) in [5, 5.41) is 15.5. The third-order valence-corrected chi connectivity index (χ3v) is 5.50. The third kappa shape index (κ3) is 9.88. The maximum atomic E-state index is 13.9. The molecule has 8 nitrogen and oxygen atoms in total. The Balaban J connectivity index is 3.52. The van der Waals surface area contributed by atoms with Crippen molar-refractivity contribution in [1.82, 2.24) is 15.5 Å². The quantitative estimate of drug-likeness (QED) is 0.432. The molecule has 3 atom stereocenters. The molecule has 0 saturated carbocycles. The van der Waals surface area contributed by atoms with Gasteiger partial charge in [0.15, 0.2) is 0 Å². The van der Waals surface area contributed by atoms with Crippen molar-refractivity contribution >= 4 is 17.9 Å². The van der Waals surface area contributed by atoms with E-state index in [0.717, 1.165) is 12.0 Å². The van der Waals surface area contributed by atoms with Crippen LogP contribution in [0.3, 0.4) is 0 Å². The van der Waals surface area contributed by atoms with Crippen molar-refractivity contribution in [3.8, 4) is 0 Å². The van der Waals surface area contributed by atoms with E-state index in [1.165, 1.54) is 4.90 Å². The molecule has 0 fully saturated rings. The van der Waals surface area contributed by atoms with Gasteiger partial charge in [-0.3, -0.25) is 9.59 Å². The maximum absolute atomic E-state index is 13.9. The lowest BCUT2D eigenvalue weighted by Crippen LogP contribution is -2.57. The zero-order valence-electron chi connectivity index (χ0n) is 22.8. The number of aliphatic hydroxyl groups is 1. The van der Waals surface area contributed by atoms with Gasteiger partial charge in [0, 0.05) is 12.1 Å². The van der Waals surface area contributed by atoms with Crippen molar-refractivity contribution < 1.29 is 24.2 Å². The van der Waals surface area contributed by atoms with Crippen LogP contribution >= 0.6 is 0 Å². The molecule has 1 aromatic rings. The summed E-state index contributed by atoms with van der Waals surface area (Å²) in [6, 6.07) is 4.80. The highest BCUT2D eigenvalue weighted by Crippen LogP contribution is 2.29.